The highest BCUT2D eigenvalue weighted by Gasteiger charge is 2.36. The fourth-order valence-corrected chi connectivity index (χ4v) is 3.06. The van der Waals surface area contributed by atoms with Gasteiger partial charge in [0.25, 0.3) is 11.8 Å². The number of anilines is 1. The van der Waals surface area contributed by atoms with Crippen molar-refractivity contribution in [3.63, 3.8) is 0 Å². The van der Waals surface area contributed by atoms with Crippen molar-refractivity contribution >= 4 is 45.5 Å². The summed E-state index contributed by atoms with van der Waals surface area (Å²) in [6, 6.07) is 7.49. The molecule has 2 aromatic rings. The zero-order chi connectivity index (χ0) is 20.4. The number of benzene rings is 2. The number of phenolic OH excluding ortho intramolecular Hbond substituents is 2. The molecular formula is C19H15BrN2O6. The highest BCUT2D eigenvalue weighted by atomic mass is 79.9. The van der Waals surface area contributed by atoms with Gasteiger partial charge in [0.1, 0.15) is 11.3 Å². The Morgan fingerprint density at radius 2 is 1.82 bits per heavy atom. The van der Waals surface area contributed by atoms with Crippen LogP contribution < -0.4 is 15.0 Å². The fourth-order valence-electron chi connectivity index (χ4n) is 2.60. The van der Waals surface area contributed by atoms with Gasteiger partial charge in [-0.3, -0.25) is 14.9 Å². The number of imide groups is 2. The molecule has 9 heteroatoms. The quantitative estimate of drug-likeness (QED) is 0.491. The van der Waals surface area contributed by atoms with Crippen LogP contribution in [0.1, 0.15) is 12.5 Å². The van der Waals surface area contributed by atoms with Crippen LogP contribution in [0.3, 0.4) is 0 Å². The molecule has 1 fully saturated rings. The maximum absolute atomic E-state index is 12.8. The first-order valence-electron chi connectivity index (χ1n) is 8.17. The number of ether oxygens (including phenoxy) is 1. The minimum Gasteiger partial charge on any atom is -0.508 e. The van der Waals surface area contributed by atoms with Crippen molar-refractivity contribution in [3.8, 4) is 17.2 Å². The summed E-state index contributed by atoms with van der Waals surface area (Å²) in [6.45, 7) is 2.06. The van der Waals surface area contributed by atoms with Crippen molar-refractivity contribution in [2.75, 3.05) is 11.5 Å². The smallest absolute Gasteiger partial charge is 0.335 e. The van der Waals surface area contributed by atoms with E-state index < -0.39 is 17.8 Å². The normalized spacial score (nSPS) is 15.7. The lowest BCUT2D eigenvalue weighted by Crippen LogP contribution is -2.54. The summed E-state index contributed by atoms with van der Waals surface area (Å²) in [7, 11) is 0. The van der Waals surface area contributed by atoms with Crippen LogP contribution in [-0.2, 0) is 9.59 Å². The Bertz CT molecular complexity index is 1000. The van der Waals surface area contributed by atoms with Crippen molar-refractivity contribution in [1.29, 1.82) is 0 Å². The molecule has 8 nitrogen and oxygen atoms in total. The molecule has 0 aliphatic carbocycles. The van der Waals surface area contributed by atoms with Crippen LogP contribution in [0.15, 0.2) is 46.4 Å². The molecule has 0 radical (unpaired) electrons. The number of nitrogens with one attached hydrogen (secondary N) is 1. The number of rotatable bonds is 4. The zero-order valence-corrected chi connectivity index (χ0v) is 16.2. The van der Waals surface area contributed by atoms with Gasteiger partial charge in [0.15, 0.2) is 11.5 Å². The molecule has 3 N–H and O–H groups in total. The van der Waals surface area contributed by atoms with E-state index in [1.165, 1.54) is 42.5 Å². The van der Waals surface area contributed by atoms with Gasteiger partial charge in [0.05, 0.1) is 16.8 Å². The molecule has 0 aromatic heterocycles. The van der Waals surface area contributed by atoms with Gasteiger partial charge in [-0.2, -0.15) is 0 Å². The van der Waals surface area contributed by atoms with E-state index in [2.05, 4.69) is 21.2 Å². The van der Waals surface area contributed by atoms with E-state index in [-0.39, 0.29) is 28.5 Å². The third-order valence-electron chi connectivity index (χ3n) is 3.87. The number of phenols is 2. The predicted octanol–water partition coefficient (Wildman–Crippen LogP) is 2.93. The second kappa shape index (κ2) is 7.73. The van der Waals surface area contributed by atoms with E-state index in [4.69, 9.17) is 4.74 Å². The molecule has 1 saturated heterocycles. The van der Waals surface area contributed by atoms with Gasteiger partial charge in [0.2, 0.25) is 0 Å². The van der Waals surface area contributed by atoms with Gasteiger partial charge < -0.3 is 14.9 Å². The van der Waals surface area contributed by atoms with Crippen molar-refractivity contribution < 1.29 is 29.3 Å². The fraction of sp³-hybridized carbons (Fsp3) is 0.105. The van der Waals surface area contributed by atoms with Crippen molar-refractivity contribution in [2.24, 2.45) is 0 Å². The lowest BCUT2D eigenvalue weighted by atomic mass is 10.1. The number of halogens is 1. The summed E-state index contributed by atoms with van der Waals surface area (Å²) < 4.78 is 5.66. The highest BCUT2D eigenvalue weighted by molar-refractivity contribution is 9.10. The van der Waals surface area contributed by atoms with Crippen LogP contribution in [0.25, 0.3) is 6.08 Å². The van der Waals surface area contributed by atoms with Crippen molar-refractivity contribution in [3.05, 3.63) is 52.0 Å². The molecule has 1 aliphatic heterocycles. The van der Waals surface area contributed by atoms with Crippen LogP contribution in [0.4, 0.5) is 10.5 Å². The van der Waals surface area contributed by atoms with Gasteiger partial charge in [-0.25, -0.2) is 9.69 Å². The molecule has 0 saturated carbocycles. The summed E-state index contributed by atoms with van der Waals surface area (Å²) in [4.78, 5) is 38.0. The van der Waals surface area contributed by atoms with E-state index in [0.29, 0.717) is 16.6 Å². The lowest BCUT2D eigenvalue weighted by molar-refractivity contribution is -0.122. The standard InChI is InChI=1S/C19H15BrN2O6/c1-2-28-15-9-10(8-14(20)16(15)24)7-13-17(25)21-19(27)22(18(13)26)11-3-5-12(23)6-4-11/h3-9,23-24H,2H2,1H3,(H,21,25,27). The average Bonchev–Trinajstić information content (AvgIpc) is 2.64. The lowest BCUT2D eigenvalue weighted by Gasteiger charge is -2.26. The van der Waals surface area contributed by atoms with Crippen LogP contribution in [0.2, 0.25) is 0 Å². The summed E-state index contributed by atoms with van der Waals surface area (Å²) in [5, 5.41) is 21.5. The van der Waals surface area contributed by atoms with Crippen molar-refractivity contribution in [1.82, 2.24) is 5.32 Å². The van der Waals surface area contributed by atoms with Gasteiger partial charge in [-0.1, -0.05) is 0 Å². The number of aromatic hydroxyl groups is 2. The third-order valence-corrected chi connectivity index (χ3v) is 4.48. The molecule has 144 valence electrons. The van der Waals surface area contributed by atoms with Gasteiger partial charge in [-0.05, 0) is 70.9 Å². The molecule has 2 aromatic carbocycles. The summed E-state index contributed by atoms with van der Waals surface area (Å²) in [5.41, 5.74) is 0.333. The van der Waals surface area contributed by atoms with Crippen LogP contribution in [-0.4, -0.2) is 34.7 Å². The van der Waals surface area contributed by atoms with Gasteiger partial charge in [-0.15, -0.1) is 0 Å². The van der Waals surface area contributed by atoms with E-state index in [0.717, 1.165) is 4.90 Å². The summed E-state index contributed by atoms with van der Waals surface area (Å²) >= 11 is 3.19. The van der Waals surface area contributed by atoms with Crippen LogP contribution in [0.5, 0.6) is 17.2 Å². The predicted molar refractivity (Wildman–Crippen MR) is 104 cm³/mol. The van der Waals surface area contributed by atoms with E-state index in [9.17, 15) is 24.6 Å². The number of barbiturate groups is 1. The van der Waals surface area contributed by atoms with Crippen molar-refractivity contribution in [2.45, 2.75) is 6.92 Å². The Morgan fingerprint density at radius 3 is 2.46 bits per heavy atom. The second-order valence-corrected chi connectivity index (χ2v) is 6.61. The maximum atomic E-state index is 12.8. The summed E-state index contributed by atoms with van der Waals surface area (Å²) in [5.74, 6) is -1.62. The number of urea groups is 1. The van der Waals surface area contributed by atoms with E-state index in [1.807, 2.05) is 0 Å². The average molecular weight is 447 g/mol. The highest BCUT2D eigenvalue weighted by Crippen LogP contribution is 2.36. The minimum atomic E-state index is -0.889. The maximum Gasteiger partial charge on any atom is 0.335 e. The Balaban J connectivity index is 2.03. The summed E-state index contributed by atoms with van der Waals surface area (Å²) in [6.07, 6.45) is 1.30. The van der Waals surface area contributed by atoms with E-state index in [1.54, 1.807) is 6.92 Å². The minimum absolute atomic E-state index is 0.0298. The molecule has 0 atom stereocenters. The molecule has 4 amide bonds. The SMILES string of the molecule is CCOc1cc(C=C2C(=O)NC(=O)N(c3ccc(O)cc3)C2=O)cc(Br)c1O. The number of nitrogens with zero attached hydrogens (tertiary/aromatic N) is 1. The zero-order valence-electron chi connectivity index (χ0n) is 14.6. The van der Waals surface area contributed by atoms with E-state index >= 15 is 0 Å². The topological polar surface area (TPSA) is 116 Å². The van der Waals surface area contributed by atoms with Gasteiger partial charge in [0, 0.05) is 0 Å². The molecule has 0 spiro atoms. The molecule has 1 heterocycles. The number of carbonyl (C=O) groups is 3. The Kier molecular flexibility index (Phi) is 5.36. The molecular weight excluding hydrogens is 432 g/mol. The Hall–Kier alpha value is -3.33. The number of amides is 4. The molecule has 28 heavy (non-hydrogen) atoms. The molecule has 3 rings (SSSR count). The van der Waals surface area contributed by atoms with Gasteiger partial charge >= 0.3 is 6.03 Å². The first kappa shape index (κ1) is 19.4. The Morgan fingerprint density at radius 1 is 1.14 bits per heavy atom. The number of carbonyl (C=O) groups excluding carboxylic acids is 3. The number of hydrogen-bond acceptors (Lipinski definition) is 6. The molecule has 0 bridgehead atoms. The van der Waals surface area contributed by atoms with Crippen LogP contribution in [0, 0.1) is 0 Å². The molecule has 0 unspecified atom stereocenters. The second-order valence-electron chi connectivity index (χ2n) is 5.76. The third kappa shape index (κ3) is 3.70. The number of hydrogen-bond donors (Lipinski definition) is 3. The van der Waals surface area contributed by atoms with Crippen LogP contribution >= 0.6 is 15.9 Å². The first-order valence-corrected chi connectivity index (χ1v) is 8.97. The Labute approximate surface area is 168 Å². The molecule has 1 aliphatic rings. The largest absolute Gasteiger partial charge is 0.508 e. The first-order chi connectivity index (χ1) is 13.3. The monoisotopic (exact) mass is 446 g/mol.